The van der Waals surface area contributed by atoms with Crippen LogP contribution in [0.4, 0.5) is 5.69 Å². The Balaban J connectivity index is 1.52. The number of hydrogen-bond acceptors (Lipinski definition) is 7. The number of nitrogens with one attached hydrogen (secondary N) is 2. The first-order valence-electron chi connectivity index (χ1n) is 9.86. The molecule has 5 rings (SSSR count). The number of nitrogens with zero attached hydrogens (tertiary/aromatic N) is 2. The van der Waals surface area contributed by atoms with E-state index in [9.17, 15) is 9.59 Å². The van der Waals surface area contributed by atoms with Gasteiger partial charge in [0.25, 0.3) is 11.5 Å². The number of carbonyl (C=O) groups excluding carboxylic acids is 1. The highest BCUT2D eigenvalue weighted by Gasteiger charge is 2.24. The Hall–Kier alpha value is -3.08. The Morgan fingerprint density at radius 1 is 1.21 bits per heavy atom. The SMILES string of the molecule is COc1ccccc1NC(=O)c1sc2nc3n(c(=O)c2c1C)NC(c1cccc(Br)c1)=CS3. The van der Waals surface area contributed by atoms with E-state index < -0.39 is 0 Å². The van der Waals surface area contributed by atoms with Crippen LogP contribution in [0.5, 0.6) is 5.75 Å². The largest absolute Gasteiger partial charge is 0.495 e. The minimum Gasteiger partial charge on any atom is -0.495 e. The van der Waals surface area contributed by atoms with Crippen LogP contribution in [0.15, 0.2) is 68.4 Å². The van der Waals surface area contributed by atoms with Crippen LogP contribution in [0.2, 0.25) is 0 Å². The molecule has 0 radical (unpaired) electrons. The minimum absolute atomic E-state index is 0.242. The zero-order valence-corrected chi connectivity index (χ0v) is 20.7. The van der Waals surface area contributed by atoms with Gasteiger partial charge in [-0.1, -0.05) is 52.0 Å². The Morgan fingerprint density at radius 2 is 2.03 bits per heavy atom. The number of anilines is 1. The summed E-state index contributed by atoms with van der Waals surface area (Å²) in [6, 6.07) is 15.0. The van der Waals surface area contributed by atoms with E-state index in [0.29, 0.717) is 37.3 Å². The molecule has 0 aliphatic carbocycles. The third-order valence-electron chi connectivity index (χ3n) is 5.15. The third kappa shape index (κ3) is 3.94. The summed E-state index contributed by atoms with van der Waals surface area (Å²) in [6.07, 6.45) is 0. The van der Waals surface area contributed by atoms with Crippen LogP contribution in [0.25, 0.3) is 15.9 Å². The van der Waals surface area contributed by atoms with Crippen LogP contribution in [0.3, 0.4) is 0 Å². The second-order valence-electron chi connectivity index (χ2n) is 7.20. The second-order valence-corrected chi connectivity index (χ2v) is 9.95. The van der Waals surface area contributed by atoms with Gasteiger partial charge in [0, 0.05) is 15.4 Å². The lowest BCUT2D eigenvalue weighted by atomic mass is 10.2. The van der Waals surface area contributed by atoms with Gasteiger partial charge < -0.3 is 10.1 Å². The van der Waals surface area contributed by atoms with E-state index in [0.717, 1.165) is 15.7 Å². The molecule has 1 aliphatic rings. The van der Waals surface area contributed by atoms with Crippen molar-refractivity contribution >= 4 is 66.5 Å². The number of aromatic nitrogens is 2. The van der Waals surface area contributed by atoms with E-state index in [1.54, 1.807) is 26.2 Å². The molecule has 0 spiro atoms. The summed E-state index contributed by atoms with van der Waals surface area (Å²) in [7, 11) is 1.55. The summed E-state index contributed by atoms with van der Waals surface area (Å²) >= 11 is 6.04. The van der Waals surface area contributed by atoms with Gasteiger partial charge >= 0.3 is 0 Å². The van der Waals surface area contributed by atoms with Gasteiger partial charge in [0.05, 0.1) is 28.8 Å². The number of halogens is 1. The number of thiophene rings is 1. The summed E-state index contributed by atoms with van der Waals surface area (Å²) < 4.78 is 7.69. The van der Waals surface area contributed by atoms with Crippen molar-refractivity contribution in [2.24, 2.45) is 0 Å². The van der Waals surface area contributed by atoms with Gasteiger partial charge in [-0.05, 0) is 36.8 Å². The van der Waals surface area contributed by atoms with Gasteiger partial charge in [-0.3, -0.25) is 15.0 Å². The van der Waals surface area contributed by atoms with Crippen molar-refractivity contribution in [2.75, 3.05) is 17.9 Å². The summed E-state index contributed by atoms with van der Waals surface area (Å²) in [6.45, 7) is 1.77. The van der Waals surface area contributed by atoms with Crippen LogP contribution in [0.1, 0.15) is 20.8 Å². The molecule has 3 heterocycles. The summed E-state index contributed by atoms with van der Waals surface area (Å²) in [5.74, 6) is 0.251. The molecule has 1 amide bonds. The fourth-order valence-corrected chi connectivity index (χ4v) is 5.85. The van der Waals surface area contributed by atoms with E-state index >= 15 is 0 Å². The predicted molar refractivity (Wildman–Crippen MR) is 137 cm³/mol. The van der Waals surface area contributed by atoms with Crippen LogP contribution in [-0.2, 0) is 0 Å². The quantitative estimate of drug-likeness (QED) is 0.335. The topological polar surface area (TPSA) is 85.2 Å². The summed E-state index contributed by atoms with van der Waals surface area (Å²) in [4.78, 5) is 32.1. The van der Waals surface area contributed by atoms with E-state index in [-0.39, 0.29) is 11.5 Å². The molecule has 1 aliphatic heterocycles. The van der Waals surface area contributed by atoms with Crippen molar-refractivity contribution in [3.63, 3.8) is 0 Å². The smallest absolute Gasteiger partial charge is 0.282 e. The zero-order chi connectivity index (χ0) is 23.1. The molecule has 2 aromatic heterocycles. The number of amides is 1. The lowest BCUT2D eigenvalue weighted by Crippen LogP contribution is -2.32. The number of benzene rings is 2. The number of ether oxygens (including phenoxy) is 1. The standard InChI is InChI=1S/C23H17BrN4O3S2/c1-12-18-21(33-19(12)20(29)25-15-8-3-4-9-17(15)31-2)26-23-28(22(18)30)27-16(11-32-23)13-6-5-7-14(24)10-13/h3-11,27H,1-2H3,(H,25,29). The molecule has 4 aromatic rings. The highest BCUT2D eigenvalue weighted by atomic mass is 79.9. The number of thioether (sulfide) groups is 1. The lowest BCUT2D eigenvalue weighted by molar-refractivity contribution is 0.102. The van der Waals surface area contributed by atoms with Gasteiger partial charge in [0.15, 0.2) is 5.16 Å². The van der Waals surface area contributed by atoms with Gasteiger partial charge in [-0.15, -0.1) is 11.3 Å². The van der Waals surface area contributed by atoms with Crippen LogP contribution < -0.4 is 21.0 Å². The molecular weight excluding hydrogens is 524 g/mol. The molecule has 166 valence electrons. The van der Waals surface area contributed by atoms with Gasteiger partial charge in [0.2, 0.25) is 0 Å². The third-order valence-corrected chi connectivity index (χ3v) is 7.66. The Morgan fingerprint density at radius 3 is 2.82 bits per heavy atom. The number of para-hydroxylation sites is 2. The predicted octanol–water partition coefficient (Wildman–Crippen LogP) is 5.44. The summed E-state index contributed by atoms with van der Waals surface area (Å²) in [5.41, 5.74) is 5.82. The van der Waals surface area contributed by atoms with Crippen LogP contribution in [-0.4, -0.2) is 22.7 Å². The highest BCUT2D eigenvalue weighted by Crippen LogP contribution is 2.33. The Kier molecular flexibility index (Phi) is 5.73. The Labute approximate surface area is 205 Å². The first-order valence-corrected chi connectivity index (χ1v) is 12.4. The molecule has 0 fully saturated rings. The fourth-order valence-electron chi connectivity index (χ4n) is 3.53. The van der Waals surface area contributed by atoms with Gasteiger partial charge in [0.1, 0.15) is 10.6 Å². The molecular formula is C23H17BrN4O3S2. The number of carbonyl (C=O) groups is 1. The normalized spacial score (nSPS) is 12.6. The zero-order valence-electron chi connectivity index (χ0n) is 17.5. The molecule has 10 heteroatoms. The maximum atomic E-state index is 13.4. The average molecular weight is 541 g/mol. The number of aryl methyl sites for hydroxylation is 1. The molecule has 0 saturated carbocycles. The lowest BCUT2D eigenvalue weighted by Gasteiger charge is -2.20. The highest BCUT2D eigenvalue weighted by molar-refractivity contribution is 9.10. The Bertz CT molecular complexity index is 1510. The van der Waals surface area contributed by atoms with Crippen molar-refractivity contribution in [1.29, 1.82) is 0 Å². The molecule has 0 saturated heterocycles. The maximum Gasteiger partial charge on any atom is 0.282 e. The molecule has 2 aromatic carbocycles. The van der Waals surface area contributed by atoms with E-state index in [4.69, 9.17) is 4.74 Å². The molecule has 33 heavy (non-hydrogen) atoms. The average Bonchev–Trinajstić information content (AvgIpc) is 3.16. The van der Waals surface area contributed by atoms with E-state index in [1.165, 1.54) is 27.8 Å². The van der Waals surface area contributed by atoms with Crippen LogP contribution in [0, 0.1) is 6.92 Å². The molecule has 0 bridgehead atoms. The van der Waals surface area contributed by atoms with Crippen LogP contribution >= 0.6 is 39.0 Å². The van der Waals surface area contributed by atoms with E-state index in [1.807, 2.05) is 41.8 Å². The van der Waals surface area contributed by atoms with Gasteiger partial charge in [-0.25, -0.2) is 4.98 Å². The minimum atomic E-state index is -0.309. The molecule has 2 N–H and O–H groups in total. The number of methoxy groups -OCH3 is 1. The number of hydrogen-bond donors (Lipinski definition) is 2. The van der Waals surface area contributed by atoms with E-state index in [2.05, 4.69) is 31.7 Å². The number of fused-ring (bicyclic) bond motifs is 2. The fraction of sp³-hybridized carbons (Fsp3) is 0.0870. The van der Waals surface area contributed by atoms with Crippen molar-refractivity contribution in [1.82, 2.24) is 9.66 Å². The van der Waals surface area contributed by atoms with Crippen molar-refractivity contribution in [2.45, 2.75) is 12.1 Å². The number of rotatable bonds is 4. The summed E-state index contributed by atoms with van der Waals surface area (Å²) in [5, 5.41) is 5.74. The van der Waals surface area contributed by atoms with Crippen molar-refractivity contribution in [3.8, 4) is 5.75 Å². The maximum absolute atomic E-state index is 13.4. The van der Waals surface area contributed by atoms with Crippen molar-refractivity contribution < 1.29 is 9.53 Å². The van der Waals surface area contributed by atoms with Gasteiger partial charge in [-0.2, -0.15) is 4.68 Å². The first-order chi connectivity index (χ1) is 16.0. The monoisotopic (exact) mass is 540 g/mol. The second kappa shape index (κ2) is 8.69. The molecule has 7 nitrogen and oxygen atoms in total. The molecule has 0 atom stereocenters. The van der Waals surface area contributed by atoms with Crippen molar-refractivity contribution in [3.05, 3.63) is 84.8 Å². The molecule has 0 unspecified atom stereocenters. The first kappa shape index (κ1) is 21.7.